The Bertz CT molecular complexity index is 383. The first-order valence-electron chi connectivity index (χ1n) is 5.29. The van der Waals surface area contributed by atoms with Gasteiger partial charge in [-0.2, -0.15) is 0 Å². The highest BCUT2D eigenvalue weighted by Gasteiger charge is 2.21. The summed E-state index contributed by atoms with van der Waals surface area (Å²) in [7, 11) is 0. The number of hydrogen-bond acceptors (Lipinski definition) is 2. The molecule has 0 heterocycles. The molecule has 1 aromatic rings. The number of rotatable bonds is 3. The van der Waals surface area contributed by atoms with Crippen LogP contribution >= 0.6 is 0 Å². The maximum absolute atomic E-state index is 7.49. The van der Waals surface area contributed by atoms with Crippen LogP contribution in [0.4, 0.5) is 0 Å². The number of nitrogens with two attached hydrogens (primary N) is 1. The first-order chi connectivity index (χ1) is 7.18. The van der Waals surface area contributed by atoms with E-state index >= 15 is 0 Å². The summed E-state index contributed by atoms with van der Waals surface area (Å²) in [6, 6.07) is 5.73. The minimum absolute atomic E-state index is 0.0769. The standard InChI is InChI=1S/C12H16N2O/c1-8-4-2-7-10(12(13)14)11(8)15-9-5-3-6-9/h2,4,7,9H,3,5-6H2,1H3,(H3,13,14). The third-order valence-corrected chi connectivity index (χ3v) is 2.84. The summed E-state index contributed by atoms with van der Waals surface area (Å²) in [4.78, 5) is 0. The van der Waals surface area contributed by atoms with Crippen LogP contribution < -0.4 is 10.5 Å². The Kier molecular flexibility index (Phi) is 2.62. The quantitative estimate of drug-likeness (QED) is 0.585. The molecule has 1 aliphatic carbocycles. The minimum atomic E-state index is 0.0769. The number of para-hydroxylation sites is 1. The van der Waals surface area contributed by atoms with Gasteiger partial charge in [0.1, 0.15) is 11.6 Å². The Morgan fingerprint density at radius 1 is 1.47 bits per heavy atom. The van der Waals surface area contributed by atoms with Crippen LogP contribution in [0.15, 0.2) is 18.2 Å². The highest BCUT2D eigenvalue weighted by Crippen LogP contribution is 2.30. The van der Waals surface area contributed by atoms with Crippen LogP contribution in [0, 0.1) is 12.3 Å². The summed E-state index contributed by atoms with van der Waals surface area (Å²) in [6.07, 6.45) is 3.80. The maximum atomic E-state index is 7.49. The molecular weight excluding hydrogens is 188 g/mol. The summed E-state index contributed by atoms with van der Waals surface area (Å²) in [5.41, 5.74) is 7.28. The topological polar surface area (TPSA) is 59.1 Å². The Morgan fingerprint density at radius 3 is 2.73 bits per heavy atom. The normalized spacial score (nSPS) is 15.8. The average molecular weight is 204 g/mol. The fourth-order valence-corrected chi connectivity index (χ4v) is 1.68. The van der Waals surface area contributed by atoms with Gasteiger partial charge in [0.05, 0.1) is 11.7 Å². The van der Waals surface area contributed by atoms with Crippen molar-refractivity contribution in [3.05, 3.63) is 29.3 Å². The largest absolute Gasteiger partial charge is 0.489 e. The lowest BCUT2D eigenvalue weighted by Crippen LogP contribution is -2.26. The fourth-order valence-electron chi connectivity index (χ4n) is 1.68. The van der Waals surface area contributed by atoms with Crippen LogP contribution in [0.2, 0.25) is 0 Å². The zero-order chi connectivity index (χ0) is 10.8. The molecular formula is C12H16N2O. The molecule has 0 amide bonds. The van der Waals surface area contributed by atoms with Gasteiger partial charge in [-0.25, -0.2) is 0 Å². The first kappa shape index (κ1) is 10.0. The highest BCUT2D eigenvalue weighted by atomic mass is 16.5. The van der Waals surface area contributed by atoms with E-state index in [9.17, 15) is 0 Å². The average Bonchev–Trinajstić information content (AvgIpc) is 2.12. The van der Waals surface area contributed by atoms with Crippen molar-refractivity contribution in [1.82, 2.24) is 0 Å². The molecule has 0 atom stereocenters. The smallest absolute Gasteiger partial charge is 0.133 e. The van der Waals surface area contributed by atoms with Crippen LogP contribution in [0.3, 0.4) is 0 Å². The van der Waals surface area contributed by atoms with Gasteiger partial charge in [0.25, 0.3) is 0 Å². The van der Waals surface area contributed by atoms with Gasteiger partial charge in [0.15, 0.2) is 0 Å². The summed E-state index contributed by atoms with van der Waals surface area (Å²) in [6.45, 7) is 1.99. The predicted octanol–water partition coefficient (Wildman–Crippen LogP) is 2.21. The van der Waals surface area contributed by atoms with E-state index in [0.29, 0.717) is 11.7 Å². The second kappa shape index (κ2) is 3.93. The third-order valence-electron chi connectivity index (χ3n) is 2.84. The molecule has 15 heavy (non-hydrogen) atoms. The van der Waals surface area contributed by atoms with Gasteiger partial charge in [-0.3, -0.25) is 5.41 Å². The fraction of sp³-hybridized carbons (Fsp3) is 0.417. The molecule has 0 aromatic heterocycles. The van der Waals surface area contributed by atoms with Crippen molar-refractivity contribution in [2.45, 2.75) is 32.3 Å². The van der Waals surface area contributed by atoms with Crippen LogP contribution in [0.25, 0.3) is 0 Å². The number of amidine groups is 1. The molecule has 1 saturated carbocycles. The molecule has 3 nitrogen and oxygen atoms in total. The van der Waals surface area contributed by atoms with E-state index in [1.165, 1.54) is 6.42 Å². The molecule has 3 heteroatoms. The van der Waals surface area contributed by atoms with E-state index in [2.05, 4.69) is 0 Å². The maximum Gasteiger partial charge on any atom is 0.133 e. The molecule has 80 valence electrons. The van der Waals surface area contributed by atoms with Gasteiger partial charge < -0.3 is 10.5 Å². The summed E-state index contributed by atoms with van der Waals surface area (Å²) < 4.78 is 5.85. The van der Waals surface area contributed by atoms with Crippen molar-refractivity contribution >= 4 is 5.84 Å². The Morgan fingerprint density at radius 2 is 2.20 bits per heavy atom. The molecule has 1 aromatic carbocycles. The Labute approximate surface area is 89.8 Å². The highest BCUT2D eigenvalue weighted by molar-refractivity contribution is 5.98. The molecule has 0 radical (unpaired) electrons. The summed E-state index contributed by atoms with van der Waals surface area (Å²) in [5, 5.41) is 7.49. The molecule has 0 bridgehead atoms. The van der Waals surface area contributed by atoms with Gasteiger partial charge in [0.2, 0.25) is 0 Å². The number of nitrogen functional groups attached to an aromatic ring is 1. The molecule has 0 spiro atoms. The zero-order valence-electron chi connectivity index (χ0n) is 8.92. The molecule has 0 saturated heterocycles. The number of hydrogen-bond donors (Lipinski definition) is 2. The molecule has 1 aliphatic rings. The lowest BCUT2D eigenvalue weighted by molar-refractivity contribution is 0.119. The van der Waals surface area contributed by atoms with E-state index in [1.54, 1.807) is 0 Å². The van der Waals surface area contributed by atoms with E-state index in [1.807, 2.05) is 25.1 Å². The van der Waals surface area contributed by atoms with Gasteiger partial charge >= 0.3 is 0 Å². The molecule has 2 rings (SSSR count). The zero-order valence-corrected chi connectivity index (χ0v) is 8.92. The van der Waals surface area contributed by atoms with Gasteiger partial charge in [-0.05, 0) is 37.8 Å². The van der Waals surface area contributed by atoms with E-state index in [4.69, 9.17) is 15.9 Å². The van der Waals surface area contributed by atoms with Crippen LogP contribution in [-0.4, -0.2) is 11.9 Å². The third kappa shape index (κ3) is 1.96. The van der Waals surface area contributed by atoms with Crippen molar-refractivity contribution in [3.63, 3.8) is 0 Å². The van der Waals surface area contributed by atoms with Crippen LogP contribution in [-0.2, 0) is 0 Å². The summed E-state index contributed by atoms with van der Waals surface area (Å²) in [5.74, 6) is 0.864. The first-order valence-corrected chi connectivity index (χ1v) is 5.29. The van der Waals surface area contributed by atoms with Crippen molar-refractivity contribution in [2.24, 2.45) is 5.73 Å². The molecule has 0 unspecified atom stereocenters. The summed E-state index contributed by atoms with van der Waals surface area (Å²) >= 11 is 0. The van der Waals surface area contributed by atoms with E-state index < -0.39 is 0 Å². The monoisotopic (exact) mass is 204 g/mol. The molecule has 1 fully saturated rings. The second-order valence-corrected chi connectivity index (χ2v) is 4.04. The van der Waals surface area contributed by atoms with Crippen molar-refractivity contribution in [3.8, 4) is 5.75 Å². The Hall–Kier alpha value is -1.51. The number of benzene rings is 1. The number of nitrogens with one attached hydrogen (secondary N) is 1. The Balaban J connectivity index is 2.29. The number of aryl methyl sites for hydroxylation is 1. The second-order valence-electron chi connectivity index (χ2n) is 4.04. The lowest BCUT2D eigenvalue weighted by atomic mass is 9.96. The predicted molar refractivity (Wildman–Crippen MR) is 60.5 cm³/mol. The minimum Gasteiger partial charge on any atom is -0.489 e. The van der Waals surface area contributed by atoms with Crippen molar-refractivity contribution in [2.75, 3.05) is 0 Å². The van der Waals surface area contributed by atoms with Crippen LogP contribution in [0.1, 0.15) is 30.4 Å². The molecule has 0 aliphatic heterocycles. The lowest BCUT2D eigenvalue weighted by Gasteiger charge is -2.28. The van der Waals surface area contributed by atoms with Crippen molar-refractivity contribution in [1.29, 1.82) is 5.41 Å². The van der Waals surface area contributed by atoms with Gasteiger partial charge in [0, 0.05) is 0 Å². The van der Waals surface area contributed by atoms with E-state index in [0.717, 1.165) is 24.2 Å². The van der Waals surface area contributed by atoms with E-state index in [-0.39, 0.29) is 5.84 Å². The number of ether oxygens (including phenoxy) is 1. The van der Waals surface area contributed by atoms with Crippen molar-refractivity contribution < 1.29 is 4.74 Å². The SMILES string of the molecule is Cc1cccc(C(=N)N)c1OC1CCC1. The molecule has 3 N–H and O–H groups in total. The van der Waals surface area contributed by atoms with Crippen LogP contribution in [0.5, 0.6) is 5.75 Å². The van der Waals surface area contributed by atoms with Gasteiger partial charge in [-0.1, -0.05) is 12.1 Å². The van der Waals surface area contributed by atoms with Gasteiger partial charge in [-0.15, -0.1) is 0 Å².